The quantitative estimate of drug-likeness (QED) is 0.319. The molecule has 0 aromatic heterocycles. The molecule has 156 valence electrons. The van der Waals surface area contributed by atoms with Crippen LogP contribution < -0.4 is 0 Å². The Hall–Kier alpha value is -3.99. The van der Waals surface area contributed by atoms with E-state index in [9.17, 15) is 0 Å². The third-order valence-corrected chi connectivity index (χ3v) is 5.13. The summed E-state index contributed by atoms with van der Waals surface area (Å²) in [6.07, 6.45) is 9.40. The van der Waals surface area contributed by atoms with Gasteiger partial charge in [-0.2, -0.15) is 5.26 Å². The van der Waals surface area contributed by atoms with Gasteiger partial charge in [0, 0.05) is 22.3 Å². The molecule has 0 atom stereocenters. The van der Waals surface area contributed by atoms with Crippen LogP contribution in [-0.2, 0) is 0 Å². The van der Waals surface area contributed by atoms with Gasteiger partial charge in [0.05, 0.1) is 11.6 Å². The Labute approximate surface area is 192 Å². The number of nitriles is 1. The van der Waals surface area contributed by atoms with E-state index in [2.05, 4.69) is 86.1 Å². The van der Waals surface area contributed by atoms with E-state index in [4.69, 9.17) is 5.26 Å². The van der Waals surface area contributed by atoms with Gasteiger partial charge in [0.1, 0.15) is 0 Å². The van der Waals surface area contributed by atoms with E-state index >= 15 is 0 Å². The lowest BCUT2D eigenvalue weighted by atomic mass is 10.0. The lowest BCUT2D eigenvalue weighted by Gasteiger charge is -1.99. The first-order valence-corrected chi connectivity index (χ1v) is 11.1. The maximum absolute atomic E-state index is 8.88. The molecule has 0 saturated heterocycles. The van der Waals surface area contributed by atoms with Gasteiger partial charge >= 0.3 is 0 Å². The molecule has 0 saturated carbocycles. The highest BCUT2D eigenvalue weighted by atomic mass is 14.2. The zero-order chi connectivity index (χ0) is 22.6. The summed E-state index contributed by atoms with van der Waals surface area (Å²) in [5, 5.41) is 8.88. The fraction of sp³-hybridized carbons (Fsp3) is 0.194. The SMILES string of the molecule is CCCCCC=Cc1ccc(C#Cc2ccc(C#Cc3ccc(C#N)cc3)c(C)c2)cc1. The van der Waals surface area contributed by atoms with Gasteiger partial charge in [0.2, 0.25) is 0 Å². The summed E-state index contributed by atoms with van der Waals surface area (Å²) >= 11 is 0. The molecule has 1 heteroatoms. The smallest absolute Gasteiger partial charge is 0.0991 e. The van der Waals surface area contributed by atoms with Crippen molar-refractivity contribution in [1.82, 2.24) is 0 Å². The van der Waals surface area contributed by atoms with E-state index in [0.717, 1.165) is 34.2 Å². The zero-order valence-electron chi connectivity index (χ0n) is 18.8. The van der Waals surface area contributed by atoms with Crippen molar-refractivity contribution in [2.45, 2.75) is 39.5 Å². The Kier molecular flexibility index (Phi) is 8.51. The van der Waals surface area contributed by atoms with Crippen LogP contribution in [0.15, 0.2) is 72.8 Å². The average molecular weight is 414 g/mol. The van der Waals surface area contributed by atoms with Gasteiger partial charge in [-0.05, 0) is 85.5 Å². The molecule has 0 bridgehead atoms. The number of unbranched alkanes of at least 4 members (excludes halogenated alkanes) is 3. The van der Waals surface area contributed by atoms with Crippen molar-refractivity contribution in [2.75, 3.05) is 0 Å². The minimum absolute atomic E-state index is 0.642. The van der Waals surface area contributed by atoms with Crippen LogP contribution in [0.5, 0.6) is 0 Å². The Morgan fingerprint density at radius 2 is 1.31 bits per heavy atom. The molecule has 0 aliphatic carbocycles. The van der Waals surface area contributed by atoms with Gasteiger partial charge in [-0.3, -0.25) is 0 Å². The number of hydrogen-bond donors (Lipinski definition) is 0. The molecule has 0 amide bonds. The van der Waals surface area contributed by atoms with Crippen molar-refractivity contribution in [2.24, 2.45) is 0 Å². The van der Waals surface area contributed by atoms with Crippen LogP contribution in [0.25, 0.3) is 6.08 Å². The largest absolute Gasteiger partial charge is 0.192 e. The Balaban J connectivity index is 1.64. The molecule has 0 N–H and O–H groups in total. The first kappa shape index (κ1) is 22.7. The van der Waals surface area contributed by atoms with Crippen molar-refractivity contribution in [3.8, 4) is 29.8 Å². The topological polar surface area (TPSA) is 23.8 Å². The highest BCUT2D eigenvalue weighted by molar-refractivity contribution is 5.54. The lowest BCUT2D eigenvalue weighted by molar-refractivity contribution is 0.730. The molecular weight excluding hydrogens is 386 g/mol. The van der Waals surface area contributed by atoms with Crippen molar-refractivity contribution in [3.63, 3.8) is 0 Å². The minimum Gasteiger partial charge on any atom is -0.192 e. The number of allylic oxidation sites excluding steroid dienone is 1. The second-order valence-corrected chi connectivity index (χ2v) is 7.74. The summed E-state index contributed by atoms with van der Waals surface area (Å²) in [5.74, 6) is 12.9. The van der Waals surface area contributed by atoms with Crippen LogP contribution in [0.2, 0.25) is 0 Å². The molecule has 3 rings (SSSR count). The minimum atomic E-state index is 0.642. The third kappa shape index (κ3) is 7.06. The summed E-state index contributed by atoms with van der Waals surface area (Å²) in [4.78, 5) is 0. The van der Waals surface area contributed by atoms with E-state index < -0.39 is 0 Å². The van der Waals surface area contributed by atoms with E-state index in [-0.39, 0.29) is 0 Å². The highest BCUT2D eigenvalue weighted by Crippen LogP contribution is 2.11. The monoisotopic (exact) mass is 413 g/mol. The van der Waals surface area contributed by atoms with Crippen molar-refractivity contribution >= 4 is 6.08 Å². The average Bonchev–Trinajstić information content (AvgIpc) is 2.83. The Bertz CT molecular complexity index is 1230. The Morgan fingerprint density at radius 1 is 0.719 bits per heavy atom. The van der Waals surface area contributed by atoms with Crippen LogP contribution in [0, 0.1) is 41.9 Å². The number of rotatable bonds is 5. The van der Waals surface area contributed by atoms with Gasteiger partial charge in [-0.1, -0.05) is 67.7 Å². The third-order valence-electron chi connectivity index (χ3n) is 5.13. The Morgan fingerprint density at radius 3 is 1.97 bits per heavy atom. The van der Waals surface area contributed by atoms with E-state index in [0.29, 0.717) is 5.56 Å². The molecule has 0 aliphatic rings. The van der Waals surface area contributed by atoms with Gasteiger partial charge in [0.15, 0.2) is 0 Å². The first-order valence-electron chi connectivity index (χ1n) is 11.1. The number of aryl methyl sites for hydroxylation is 1. The maximum Gasteiger partial charge on any atom is 0.0991 e. The van der Waals surface area contributed by atoms with Crippen molar-refractivity contribution in [1.29, 1.82) is 5.26 Å². The molecule has 0 fully saturated rings. The molecule has 0 aliphatic heterocycles. The summed E-state index contributed by atoms with van der Waals surface area (Å²) in [5.41, 5.74) is 6.82. The van der Waals surface area contributed by atoms with Gasteiger partial charge < -0.3 is 0 Å². The van der Waals surface area contributed by atoms with Crippen LogP contribution in [0.3, 0.4) is 0 Å². The first-order chi connectivity index (χ1) is 15.7. The zero-order valence-corrected chi connectivity index (χ0v) is 18.8. The molecular formula is C31H27N. The standard InChI is InChI=1S/C31H27N/c1-3-4-5-6-7-8-26-9-11-27(12-10-26)13-16-29-20-22-31(25(2)23-29)21-19-28-14-17-30(24-32)18-15-28/h7-12,14-15,17-18,20,22-23H,3-6H2,1-2H3. The van der Waals surface area contributed by atoms with Gasteiger partial charge in [-0.25, -0.2) is 0 Å². The van der Waals surface area contributed by atoms with Crippen LogP contribution >= 0.6 is 0 Å². The molecule has 0 radical (unpaired) electrons. The normalized spacial score (nSPS) is 10.0. The number of hydrogen-bond acceptors (Lipinski definition) is 1. The van der Waals surface area contributed by atoms with Crippen molar-refractivity contribution < 1.29 is 0 Å². The second kappa shape index (κ2) is 12.0. The lowest BCUT2D eigenvalue weighted by Crippen LogP contribution is -1.85. The summed E-state index contributed by atoms with van der Waals surface area (Å²) in [6.45, 7) is 4.28. The summed E-state index contributed by atoms with van der Waals surface area (Å²) in [6, 6.07) is 23.9. The fourth-order valence-electron chi connectivity index (χ4n) is 3.20. The van der Waals surface area contributed by atoms with Crippen molar-refractivity contribution in [3.05, 3.63) is 112 Å². The van der Waals surface area contributed by atoms with Gasteiger partial charge in [0.25, 0.3) is 0 Å². The highest BCUT2D eigenvalue weighted by Gasteiger charge is 1.97. The van der Waals surface area contributed by atoms with E-state index in [1.165, 1.54) is 24.8 Å². The summed E-state index contributed by atoms with van der Waals surface area (Å²) in [7, 11) is 0. The predicted molar refractivity (Wildman–Crippen MR) is 134 cm³/mol. The fourth-order valence-corrected chi connectivity index (χ4v) is 3.20. The molecule has 32 heavy (non-hydrogen) atoms. The summed E-state index contributed by atoms with van der Waals surface area (Å²) < 4.78 is 0. The number of benzene rings is 3. The molecule has 3 aromatic rings. The molecule has 0 heterocycles. The maximum atomic E-state index is 8.88. The van der Waals surface area contributed by atoms with E-state index in [1.807, 2.05) is 24.3 Å². The number of nitrogens with zero attached hydrogens (tertiary/aromatic N) is 1. The molecule has 3 aromatic carbocycles. The van der Waals surface area contributed by atoms with Crippen LogP contribution in [-0.4, -0.2) is 0 Å². The molecule has 0 unspecified atom stereocenters. The van der Waals surface area contributed by atoms with Crippen LogP contribution in [0.1, 0.15) is 71.6 Å². The van der Waals surface area contributed by atoms with Crippen LogP contribution in [0.4, 0.5) is 0 Å². The molecule has 0 spiro atoms. The second-order valence-electron chi connectivity index (χ2n) is 7.74. The van der Waals surface area contributed by atoms with Gasteiger partial charge in [-0.15, -0.1) is 0 Å². The molecule has 1 nitrogen and oxygen atoms in total. The van der Waals surface area contributed by atoms with E-state index in [1.54, 1.807) is 12.1 Å². The predicted octanol–water partition coefficient (Wildman–Crippen LogP) is 7.26.